The smallest absolute Gasteiger partial charge is 0.220 e. The molecule has 2 aliphatic rings. The highest BCUT2D eigenvalue weighted by molar-refractivity contribution is 5.76. The Labute approximate surface area is 434 Å². The van der Waals surface area contributed by atoms with Crippen LogP contribution in [0.2, 0.25) is 0 Å². The quantitative estimate of drug-likeness (QED) is 0.0206. The van der Waals surface area contributed by atoms with Crippen LogP contribution in [0.5, 0.6) is 0 Å². The second kappa shape index (κ2) is 43.6. The average molecular weight is 1020 g/mol. The average Bonchev–Trinajstić information content (AvgIpc) is 3.38. The van der Waals surface area contributed by atoms with Crippen molar-refractivity contribution in [3.8, 4) is 0 Å². The van der Waals surface area contributed by atoms with E-state index in [0.29, 0.717) is 12.8 Å². The number of allylic oxidation sites excluding steroid dienone is 12. The standard InChI is InChI=1S/C58H101NO13/c1-3-5-7-9-11-13-15-17-19-21-23-25-27-29-31-33-35-37-39-41-47(62)46(59-50(63)42-40-38-36-34-32-30-28-26-24-22-20-18-16-14-12-10-8-6-4-2)45-69-57-55(68)53(66)56(49(44-61)71-57)72-58-54(67)52(65)51(64)48(43-60)70-58/h6,8,12,14,18,20,24,26,30,32,36,38,46-49,51-58,60-62,64-68H,3-5,7,9-11,13,15-17,19,21-23,25,27-29,31,33-35,37,39-45H2,1-2H3,(H,59,63)/b8-6-,14-12-,20-18-,26-24-,32-30-,38-36-. The van der Waals surface area contributed by atoms with E-state index in [1.807, 2.05) is 12.2 Å². The number of ether oxygens (including phenoxy) is 4. The monoisotopic (exact) mass is 1020 g/mol. The molecule has 2 rings (SSSR count). The SMILES string of the molecule is CC/C=C\C/C=C\C/C=C\C/C=C\C/C=C\C/C=C\CCC(=O)NC(COC1OC(CO)C(OC2OC(CO)C(O)C(O)C2O)C(O)C1O)C(O)CCCCCCCCCCCCCCCCCCCCC. The van der Waals surface area contributed by atoms with E-state index in [2.05, 4.69) is 79.9 Å². The van der Waals surface area contributed by atoms with Crippen LogP contribution in [0.3, 0.4) is 0 Å². The van der Waals surface area contributed by atoms with E-state index in [1.54, 1.807) is 0 Å². The van der Waals surface area contributed by atoms with Crippen molar-refractivity contribution in [3.63, 3.8) is 0 Å². The van der Waals surface area contributed by atoms with E-state index in [-0.39, 0.29) is 18.9 Å². The fourth-order valence-corrected chi connectivity index (χ4v) is 8.91. The predicted molar refractivity (Wildman–Crippen MR) is 286 cm³/mol. The maximum absolute atomic E-state index is 13.2. The predicted octanol–water partition coefficient (Wildman–Crippen LogP) is 8.77. The third-order valence-electron chi connectivity index (χ3n) is 13.4. The molecule has 14 heteroatoms. The van der Waals surface area contributed by atoms with E-state index in [9.17, 15) is 45.6 Å². The first-order valence-electron chi connectivity index (χ1n) is 28.2. The largest absolute Gasteiger partial charge is 0.394 e. The van der Waals surface area contributed by atoms with Crippen molar-refractivity contribution in [2.24, 2.45) is 0 Å². The van der Waals surface area contributed by atoms with Crippen LogP contribution in [0.4, 0.5) is 0 Å². The number of unbranched alkanes of at least 4 members (excludes halogenated alkanes) is 18. The molecule has 2 heterocycles. The first-order valence-corrected chi connectivity index (χ1v) is 28.2. The Kier molecular flexibility index (Phi) is 39.7. The number of hydrogen-bond acceptors (Lipinski definition) is 13. The number of aliphatic hydroxyl groups is 8. The molecule has 12 atom stereocenters. The number of nitrogens with one attached hydrogen (secondary N) is 1. The summed E-state index contributed by atoms with van der Waals surface area (Å²) in [6, 6.07) is -0.873. The minimum atomic E-state index is -1.79. The van der Waals surface area contributed by atoms with Crippen LogP contribution in [0.1, 0.15) is 194 Å². The van der Waals surface area contributed by atoms with Gasteiger partial charge in [-0.2, -0.15) is 0 Å². The molecule has 0 aromatic rings. The van der Waals surface area contributed by atoms with Gasteiger partial charge in [-0.1, -0.05) is 209 Å². The number of aliphatic hydroxyl groups excluding tert-OH is 8. The summed E-state index contributed by atoms with van der Waals surface area (Å²) >= 11 is 0. The van der Waals surface area contributed by atoms with Crippen molar-refractivity contribution in [2.75, 3.05) is 19.8 Å². The third-order valence-corrected chi connectivity index (χ3v) is 13.4. The van der Waals surface area contributed by atoms with Crippen molar-refractivity contribution >= 4 is 5.91 Å². The van der Waals surface area contributed by atoms with E-state index in [1.165, 1.54) is 96.3 Å². The Hall–Kier alpha value is -2.57. The first kappa shape index (κ1) is 65.5. The molecule has 9 N–H and O–H groups in total. The van der Waals surface area contributed by atoms with Crippen LogP contribution < -0.4 is 5.32 Å². The van der Waals surface area contributed by atoms with E-state index in [0.717, 1.165) is 64.2 Å². The fourth-order valence-electron chi connectivity index (χ4n) is 8.91. The minimum Gasteiger partial charge on any atom is -0.394 e. The molecular formula is C58H101NO13. The van der Waals surface area contributed by atoms with Crippen molar-refractivity contribution in [2.45, 2.75) is 267 Å². The zero-order valence-corrected chi connectivity index (χ0v) is 44.4. The lowest BCUT2D eigenvalue weighted by atomic mass is 9.97. The van der Waals surface area contributed by atoms with Gasteiger partial charge >= 0.3 is 0 Å². The van der Waals surface area contributed by atoms with Gasteiger partial charge in [0.05, 0.1) is 32.0 Å². The second-order valence-corrected chi connectivity index (χ2v) is 19.7. The molecule has 0 aliphatic carbocycles. The lowest BCUT2D eigenvalue weighted by molar-refractivity contribution is -0.359. The van der Waals surface area contributed by atoms with Crippen LogP contribution in [-0.2, 0) is 23.7 Å². The Morgan fingerprint density at radius 1 is 0.514 bits per heavy atom. The molecule has 416 valence electrons. The molecule has 0 bridgehead atoms. The zero-order valence-electron chi connectivity index (χ0n) is 44.4. The molecule has 2 aliphatic heterocycles. The molecule has 1 amide bonds. The summed E-state index contributed by atoms with van der Waals surface area (Å²) in [5, 5.41) is 87.1. The lowest BCUT2D eigenvalue weighted by Gasteiger charge is -2.46. The maximum atomic E-state index is 13.2. The first-order chi connectivity index (χ1) is 35.1. The van der Waals surface area contributed by atoms with Gasteiger partial charge in [0.25, 0.3) is 0 Å². The third kappa shape index (κ3) is 29.5. The summed E-state index contributed by atoms with van der Waals surface area (Å²) in [5.41, 5.74) is 0. The van der Waals surface area contributed by atoms with Gasteiger partial charge in [0.2, 0.25) is 5.91 Å². The number of carbonyl (C=O) groups is 1. The highest BCUT2D eigenvalue weighted by Crippen LogP contribution is 2.30. The fraction of sp³-hybridized carbons (Fsp3) is 0.776. The topological polar surface area (TPSA) is 228 Å². The number of rotatable bonds is 43. The Bertz CT molecular complexity index is 1480. The van der Waals surface area contributed by atoms with Crippen LogP contribution in [-0.4, -0.2) is 140 Å². The molecule has 14 nitrogen and oxygen atoms in total. The molecule has 0 aromatic heterocycles. The van der Waals surface area contributed by atoms with Crippen LogP contribution >= 0.6 is 0 Å². The number of hydrogen-bond donors (Lipinski definition) is 9. The van der Waals surface area contributed by atoms with Crippen LogP contribution in [0.25, 0.3) is 0 Å². The van der Waals surface area contributed by atoms with Crippen molar-refractivity contribution in [3.05, 3.63) is 72.9 Å². The molecule has 2 fully saturated rings. The van der Waals surface area contributed by atoms with Crippen LogP contribution in [0, 0.1) is 0 Å². The highest BCUT2D eigenvalue weighted by Gasteiger charge is 2.51. The summed E-state index contributed by atoms with van der Waals surface area (Å²) in [6.45, 7) is 2.69. The molecule has 2 saturated heterocycles. The van der Waals surface area contributed by atoms with Gasteiger partial charge in [-0.3, -0.25) is 4.79 Å². The van der Waals surface area contributed by atoms with Crippen molar-refractivity contribution < 1.29 is 64.6 Å². The molecule has 0 spiro atoms. The zero-order chi connectivity index (χ0) is 52.4. The molecule has 72 heavy (non-hydrogen) atoms. The van der Waals surface area contributed by atoms with Crippen molar-refractivity contribution in [1.29, 1.82) is 0 Å². The van der Waals surface area contributed by atoms with E-state index >= 15 is 0 Å². The molecule has 12 unspecified atom stereocenters. The summed E-state index contributed by atoms with van der Waals surface area (Å²) in [5.74, 6) is -0.290. The second-order valence-electron chi connectivity index (χ2n) is 19.7. The van der Waals surface area contributed by atoms with Crippen LogP contribution in [0.15, 0.2) is 72.9 Å². The Balaban J connectivity index is 1.83. The van der Waals surface area contributed by atoms with Gasteiger partial charge in [-0.05, 0) is 51.4 Å². The summed E-state index contributed by atoms with van der Waals surface area (Å²) in [4.78, 5) is 13.2. The number of carbonyl (C=O) groups excluding carboxylic acids is 1. The number of amides is 1. The van der Waals surface area contributed by atoms with Gasteiger partial charge < -0.3 is 65.1 Å². The van der Waals surface area contributed by atoms with Gasteiger partial charge in [0.15, 0.2) is 12.6 Å². The van der Waals surface area contributed by atoms with Crippen molar-refractivity contribution in [1.82, 2.24) is 5.32 Å². The van der Waals surface area contributed by atoms with E-state index in [4.69, 9.17) is 18.9 Å². The van der Waals surface area contributed by atoms with E-state index < -0.39 is 86.8 Å². The molecule has 0 aromatic carbocycles. The lowest BCUT2D eigenvalue weighted by Crippen LogP contribution is -2.65. The normalized spacial score (nSPS) is 26.1. The molecular weight excluding hydrogens is 919 g/mol. The summed E-state index contributed by atoms with van der Waals surface area (Å²) < 4.78 is 22.8. The minimum absolute atomic E-state index is 0.176. The molecule has 0 radical (unpaired) electrons. The maximum Gasteiger partial charge on any atom is 0.220 e. The van der Waals surface area contributed by atoms with Gasteiger partial charge in [0, 0.05) is 6.42 Å². The highest BCUT2D eigenvalue weighted by atomic mass is 16.7. The Morgan fingerprint density at radius 2 is 0.931 bits per heavy atom. The molecule has 0 saturated carbocycles. The van der Waals surface area contributed by atoms with Gasteiger partial charge in [-0.15, -0.1) is 0 Å². The Morgan fingerprint density at radius 3 is 1.39 bits per heavy atom. The van der Waals surface area contributed by atoms with Gasteiger partial charge in [0.1, 0.15) is 48.8 Å². The van der Waals surface area contributed by atoms with Gasteiger partial charge in [-0.25, -0.2) is 0 Å². The summed E-state index contributed by atoms with van der Waals surface area (Å²) in [7, 11) is 0. The summed E-state index contributed by atoms with van der Waals surface area (Å²) in [6.07, 6.45) is 39.1.